The van der Waals surface area contributed by atoms with Gasteiger partial charge in [-0.15, -0.1) is 0 Å². The van der Waals surface area contributed by atoms with Gasteiger partial charge in [-0.3, -0.25) is 0 Å². The van der Waals surface area contributed by atoms with Crippen molar-refractivity contribution in [3.63, 3.8) is 0 Å². The van der Waals surface area contributed by atoms with Crippen molar-refractivity contribution in [3.8, 4) is 0 Å². The van der Waals surface area contributed by atoms with E-state index in [1.807, 2.05) is 0 Å². The molecule has 0 saturated carbocycles. The molecule has 0 rings (SSSR count). The monoisotopic (exact) mass is 438 g/mol. The summed E-state index contributed by atoms with van der Waals surface area (Å²) in [6.07, 6.45) is 5.41. The smallest absolute Gasteiger partial charge is 0.334 e. The highest BCUT2D eigenvalue weighted by atomic mass is 31.2. The van der Waals surface area contributed by atoms with Gasteiger partial charge in [-0.25, -0.2) is 4.31 Å². The minimum atomic E-state index is -2.61. The largest absolute Gasteiger partial charge is 0.395 e. The molecule has 1 unspecified atom stereocenters. The Labute approximate surface area is 163 Å². The molecule has 0 radical (unpaired) electrons. The van der Waals surface area contributed by atoms with Crippen LogP contribution >= 0.6 is 17.2 Å². The summed E-state index contributed by atoms with van der Waals surface area (Å²) in [5, 5.41) is 37.2. The zero-order chi connectivity index (χ0) is 21.3. The van der Waals surface area contributed by atoms with Crippen molar-refractivity contribution in [3.05, 3.63) is 0 Å². The first-order valence-electron chi connectivity index (χ1n) is 8.81. The van der Waals surface area contributed by atoms with Gasteiger partial charge in [0.15, 0.2) is 6.29 Å². The molecule has 0 aliphatic carbocycles. The molecule has 27 heavy (non-hydrogen) atoms. The van der Waals surface area contributed by atoms with E-state index in [0.717, 1.165) is 25.2 Å². The van der Waals surface area contributed by atoms with Crippen molar-refractivity contribution in [2.45, 2.75) is 58.7 Å². The van der Waals surface area contributed by atoms with Crippen LogP contribution in [0.25, 0.3) is 0 Å². The lowest BCUT2D eigenvalue weighted by molar-refractivity contribution is -0.212. The molecule has 0 saturated heterocycles. The molecule has 0 spiro atoms. The minimum absolute atomic E-state index is 0.368. The number of aliphatic hydroxyl groups excluding tert-OH is 4. The first-order chi connectivity index (χ1) is 12.6. The van der Waals surface area contributed by atoms with Crippen LogP contribution in [0.5, 0.6) is 0 Å². The Morgan fingerprint density at radius 2 is 1.22 bits per heavy atom. The van der Waals surface area contributed by atoms with Crippen molar-refractivity contribution >= 4 is 17.2 Å². The quantitative estimate of drug-likeness (QED) is 0.103. The molecule has 0 aliphatic heterocycles. The number of unbranched alkanes of at least 4 members (excludes halogenated alkanes) is 4. The summed E-state index contributed by atoms with van der Waals surface area (Å²) >= 11 is 0. The fourth-order valence-corrected chi connectivity index (χ4v) is 2.53. The van der Waals surface area contributed by atoms with E-state index in [4.69, 9.17) is 39.6 Å². The predicted octanol–water partition coefficient (Wildman–Crippen LogP) is 0.707. The molecule has 12 heteroatoms. The Morgan fingerprint density at radius 3 is 1.59 bits per heavy atom. The molecule has 0 heterocycles. The van der Waals surface area contributed by atoms with E-state index >= 15 is 0 Å². The molecule has 0 amide bonds. The SMILES string of the molecule is CC(C)CCCCCCCOC(O)C(CO)(CO)CO.OP(O)OP(O)O. The minimum Gasteiger partial charge on any atom is -0.395 e. The van der Waals surface area contributed by atoms with Gasteiger partial charge >= 0.3 is 17.2 Å². The molecule has 10 nitrogen and oxygen atoms in total. The van der Waals surface area contributed by atoms with Crippen molar-refractivity contribution in [2.24, 2.45) is 11.3 Å². The van der Waals surface area contributed by atoms with Crippen LogP contribution < -0.4 is 0 Å². The number of rotatable bonds is 15. The van der Waals surface area contributed by atoms with Gasteiger partial charge in [-0.2, -0.15) is 0 Å². The van der Waals surface area contributed by atoms with E-state index in [9.17, 15) is 5.11 Å². The Balaban J connectivity index is 0. The fraction of sp³-hybridized carbons (Fsp3) is 1.00. The van der Waals surface area contributed by atoms with Crippen LogP contribution in [0.1, 0.15) is 52.4 Å². The summed E-state index contributed by atoms with van der Waals surface area (Å²) in [6.45, 7) is 3.27. The van der Waals surface area contributed by atoms with Crippen LogP contribution in [0.15, 0.2) is 0 Å². The van der Waals surface area contributed by atoms with Crippen molar-refractivity contribution in [2.75, 3.05) is 26.4 Å². The fourth-order valence-electron chi connectivity index (χ4n) is 2.01. The number of aliphatic hydroxyl groups is 4. The van der Waals surface area contributed by atoms with Gasteiger partial charge < -0.3 is 44.7 Å². The maximum absolute atomic E-state index is 9.76. The van der Waals surface area contributed by atoms with Crippen molar-refractivity contribution in [1.82, 2.24) is 0 Å². The zero-order valence-electron chi connectivity index (χ0n) is 16.0. The first kappa shape index (κ1) is 29.7. The predicted molar refractivity (Wildman–Crippen MR) is 102 cm³/mol. The molecule has 0 fully saturated rings. The molecule has 0 aromatic carbocycles. The summed E-state index contributed by atoms with van der Waals surface area (Å²) < 4.78 is 8.80. The van der Waals surface area contributed by atoms with Crippen LogP contribution in [-0.2, 0) is 9.05 Å². The number of ether oxygens (including phenoxy) is 1. The number of hydrogen-bond acceptors (Lipinski definition) is 10. The average Bonchev–Trinajstić information content (AvgIpc) is 2.58. The van der Waals surface area contributed by atoms with Gasteiger partial charge in [0.05, 0.1) is 25.2 Å². The summed E-state index contributed by atoms with van der Waals surface area (Å²) in [5.41, 5.74) is -1.38. The first-order valence-corrected chi connectivity index (χ1v) is 11.1. The second-order valence-electron chi connectivity index (χ2n) is 6.60. The lowest BCUT2D eigenvalue weighted by atomic mass is 9.90. The second-order valence-corrected chi connectivity index (χ2v) is 8.26. The van der Waals surface area contributed by atoms with Crippen molar-refractivity contribution < 1.29 is 49.0 Å². The molecule has 0 aromatic heterocycles. The molecule has 8 N–H and O–H groups in total. The van der Waals surface area contributed by atoms with E-state index in [-0.39, 0.29) is 0 Å². The average molecular weight is 438 g/mol. The molecule has 0 aromatic rings. The van der Waals surface area contributed by atoms with E-state index in [1.54, 1.807) is 0 Å². The van der Waals surface area contributed by atoms with Crippen LogP contribution in [-0.4, -0.2) is 72.7 Å². The van der Waals surface area contributed by atoms with Gasteiger partial charge in [0.1, 0.15) is 0 Å². The third-order valence-corrected chi connectivity index (χ3v) is 4.98. The number of hydrogen-bond donors (Lipinski definition) is 8. The molecule has 166 valence electrons. The molecule has 0 aliphatic rings. The van der Waals surface area contributed by atoms with Crippen LogP contribution in [0.4, 0.5) is 0 Å². The van der Waals surface area contributed by atoms with Gasteiger partial charge in [0.25, 0.3) is 0 Å². The van der Waals surface area contributed by atoms with Crippen LogP contribution in [0.2, 0.25) is 0 Å². The lowest BCUT2D eigenvalue weighted by Crippen LogP contribution is -2.46. The Morgan fingerprint density at radius 1 is 0.778 bits per heavy atom. The molecular weight excluding hydrogens is 402 g/mol. The highest BCUT2D eigenvalue weighted by Gasteiger charge is 2.37. The van der Waals surface area contributed by atoms with Gasteiger partial charge in [0, 0.05) is 6.61 Å². The summed E-state index contributed by atoms with van der Waals surface area (Å²) in [7, 11) is -5.22. The van der Waals surface area contributed by atoms with Crippen molar-refractivity contribution in [1.29, 1.82) is 0 Å². The Hall–Kier alpha value is 0.460. The van der Waals surface area contributed by atoms with E-state index in [2.05, 4.69) is 18.2 Å². The molecule has 0 bridgehead atoms. The van der Waals surface area contributed by atoms with Crippen LogP contribution in [0.3, 0.4) is 0 Å². The topological polar surface area (TPSA) is 180 Å². The normalized spacial score (nSPS) is 13.2. The standard InChI is InChI=1S/C15H32O5.H4O5P2/c1-13(2)8-6-4-3-5-7-9-20-14(19)15(10-16,11-17)12-18;1-6(2)5-7(3)4/h13-14,16-19H,3-12H2,1-2H3;1-4H. The second kappa shape index (κ2) is 18.5. The van der Waals surface area contributed by atoms with E-state index in [0.29, 0.717) is 6.61 Å². The Kier molecular flexibility index (Phi) is 20.3. The van der Waals surface area contributed by atoms with Gasteiger partial charge in [0.2, 0.25) is 0 Å². The zero-order valence-corrected chi connectivity index (χ0v) is 17.8. The van der Waals surface area contributed by atoms with Crippen LogP contribution in [0, 0.1) is 11.3 Å². The van der Waals surface area contributed by atoms with E-state index < -0.39 is 48.7 Å². The summed E-state index contributed by atoms with van der Waals surface area (Å²) in [5.74, 6) is 0.761. The summed E-state index contributed by atoms with van der Waals surface area (Å²) in [6, 6.07) is 0. The maximum atomic E-state index is 9.76. The third kappa shape index (κ3) is 17.1. The highest BCUT2D eigenvalue weighted by Crippen LogP contribution is 2.41. The summed E-state index contributed by atoms with van der Waals surface area (Å²) in [4.78, 5) is 31.3. The van der Waals surface area contributed by atoms with Gasteiger partial charge in [-0.1, -0.05) is 46.0 Å². The molecular formula is C15H36O10P2. The molecule has 1 atom stereocenters. The third-order valence-electron chi connectivity index (χ3n) is 3.82. The maximum Gasteiger partial charge on any atom is 0.334 e. The Bertz CT molecular complexity index is 303. The lowest BCUT2D eigenvalue weighted by Gasteiger charge is -2.32. The van der Waals surface area contributed by atoms with Gasteiger partial charge in [-0.05, 0) is 12.3 Å². The highest BCUT2D eigenvalue weighted by molar-refractivity contribution is 7.53. The van der Waals surface area contributed by atoms with E-state index in [1.165, 1.54) is 19.3 Å².